The molecular weight excluding hydrogens is 242 g/mol. The SMILES string of the molecule is CC(O)CC(C)CNCc1csc2ccccc12. The van der Waals surface area contributed by atoms with Crippen molar-refractivity contribution in [3.63, 3.8) is 0 Å². The summed E-state index contributed by atoms with van der Waals surface area (Å²) in [4.78, 5) is 0. The molecule has 2 rings (SSSR count). The molecule has 18 heavy (non-hydrogen) atoms. The Morgan fingerprint density at radius 1 is 1.28 bits per heavy atom. The van der Waals surface area contributed by atoms with E-state index in [1.54, 1.807) is 11.3 Å². The molecule has 0 amide bonds. The third kappa shape index (κ3) is 3.55. The summed E-state index contributed by atoms with van der Waals surface area (Å²) in [5, 5.41) is 16.4. The van der Waals surface area contributed by atoms with Crippen molar-refractivity contribution in [2.45, 2.75) is 32.9 Å². The number of aliphatic hydroxyl groups excluding tert-OH is 1. The van der Waals surface area contributed by atoms with Gasteiger partial charge >= 0.3 is 0 Å². The van der Waals surface area contributed by atoms with Crippen LogP contribution in [0.3, 0.4) is 0 Å². The number of aliphatic hydroxyl groups is 1. The van der Waals surface area contributed by atoms with Gasteiger partial charge < -0.3 is 10.4 Å². The molecule has 0 spiro atoms. The van der Waals surface area contributed by atoms with Gasteiger partial charge in [-0.25, -0.2) is 0 Å². The van der Waals surface area contributed by atoms with Crippen LogP contribution in [0.1, 0.15) is 25.8 Å². The van der Waals surface area contributed by atoms with E-state index in [0.717, 1.165) is 19.5 Å². The fraction of sp³-hybridized carbons (Fsp3) is 0.467. The zero-order valence-corrected chi connectivity index (χ0v) is 11.8. The standard InChI is InChI=1S/C15H21NOS/c1-11(7-12(2)17)8-16-9-13-10-18-15-6-4-3-5-14(13)15/h3-6,10-12,16-17H,7-9H2,1-2H3. The van der Waals surface area contributed by atoms with E-state index in [9.17, 15) is 5.11 Å². The van der Waals surface area contributed by atoms with Gasteiger partial charge in [-0.2, -0.15) is 0 Å². The first-order chi connectivity index (χ1) is 8.66. The van der Waals surface area contributed by atoms with Crippen LogP contribution in [0.5, 0.6) is 0 Å². The van der Waals surface area contributed by atoms with E-state index in [2.05, 4.69) is 41.9 Å². The Morgan fingerprint density at radius 2 is 2.06 bits per heavy atom. The number of hydrogen-bond acceptors (Lipinski definition) is 3. The highest BCUT2D eigenvalue weighted by molar-refractivity contribution is 7.17. The van der Waals surface area contributed by atoms with Crippen molar-refractivity contribution < 1.29 is 5.11 Å². The van der Waals surface area contributed by atoms with Gasteiger partial charge in [0.15, 0.2) is 0 Å². The average Bonchev–Trinajstić information content (AvgIpc) is 2.72. The molecule has 2 aromatic rings. The normalized spacial score (nSPS) is 14.8. The van der Waals surface area contributed by atoms with Gasteiger partial charge in [0.25, 0.3) is 0 Å². The molecule has 0 fully saturated rings. The summed E-state index contributed by atoms with van der Waals surface area (Å²) in [6.45, 7) is 5.89. The Bertz CT molecular complexity index is 492. The Balaban J connectivity index is 1.87. The second-order valence-electron chi connectivity index (χ2n) is 5.08. The lowest BCUT2D eigenvalue weighted by Gasteiger charge is -2.13. The molecule has 0 radical (unpaired) electrons. The van der Waals surface area contributed by atoms with Crippen LogP contribution >= 0.6 is 11.3 Å². The van der Waals surface area contributed by atoms with Gasteiger partial charge in [-0.15, -0.1) is 11.3 Å². The van der Waals surface area contributed by atoms with E-state index in [1.165, 1.54) is 15.6 Å². The summed E-state index contributed by atoms with van der Waals surface area (Å²) in [6.07, 6.45) is 0.654. The largest absolute Gasteiger partial charge is 0.393 e. The van der Waals surface area contributed by atoms with Crippen LogP contribution in [0, 0.1) is 5.92 Å². The summed E-state index contributed by atoms with van der Waals surface area (Å²) in [5.74, 6) is 0.509. The Labute approximate surface area is 113 Å². The number of thiophene rings is 1. The van der Waals surface area contributed by atoms with Gasteiger partial charge in [-0.05, 0) is 48.2 Å². The second kappa shape index (κ2) is 6.32. The lowest BCUT2D eigenvalue weighted by atomic mass is 10.0. The minimum absolute atomic E-state index is 0.205. The van der Waals surface area contributed by atoms with Crippen molar-refractivity contribution in [3.05, 3.63) is 35.2 Å². The lowest BCUT2D eigenvalue weighted by molar-refractivity contribution is 0.163. The van der Waals surface area contributed by atoms with Crippen molar-refractivity contribution in [2.75, 3.05) is 6.54 Å². The molecular formula is C15H21NOS. The van der Waals surface area contributed by atoms with E-state index in [0.29, 0.717) is 5.92 Å². The van der Waals surface area contributed by atoms with Gasteiger partial charge in [-0.1, -0.05) is 25.1 Å². The third-order valence-electron chi connectivity index (χ3n) is 3.11. The zero-order chi connectivity index (χ0) is 13.0. The molecule has 2 atom stereocenters. The van der Waals surface area contributed by atoms with Crippen molar-refractivity contribution in [3.8, 4) is 0 Å². The molecule has 1 heterocycles. The van der Waals surface area contributed by atoms with E-state index in [-0.39, 0.29) is 6.10 Å². The molecule has 0 saturated heterocycles. The molecule has 1 aromatic heterocycles. The Kier molecular flexibility index (Phi) is 4.75. The first kappa shape index (κ1) is 13.5. The Morgan fingerprint density at radius 3 is 2.83 bits per heavy atom. The monoisotopic (exact) mass is 263 g/mol. The molecule has 2 unspecified atom stereocenters. The number of rotatable bonds is 6. The van der Waals surface area contributed by atoms with Crippen LogP contribution in [-0.2, 0) is 6.54 Å². The van der Waals surface area contributed by atoms with Crippen molar-refractivity contribution in [1.82, 2.24) is 5.32 Å². The number of nitrogens with one attached hydrogen (secondary N) is 1. The third-order valence-corrected chi connectivity index (χ3v) is 4.13. The maximum atomic E-state index is 9.32. The second-order valence-corrected chi connectivity index (χ2v) is 5.99. The Hall–Kier alpha value is -0.900. The van der Waals surface area contributed by atoms with E-state index >= 15 is 0 Å². The van der Waals surface area contributed by atoms with Crippen LogP contribution in [0.2, 0.25) is 0 Å². The minimum Gasteiger partial charge on any atom is -0.393 e. The number of benzene rings is 1. The highest BCUT2D eigenvalue weighted by atomic mass is 32.1. The van der Waals surface area contributed by atoms with Crippen LogP contribution in [-0.4, -0.2) is 17.8 Å². The maximum Gasteiger partial charge on any atom is 0.0515 e. The molecule has 0 bridgehead atoms. The smallest absolute Gasteiger partial charge is 0.0515 e. The van der Waals surface area contributed by atoms with Crippen LogP contribution in [0.15, 0.2) is 29.6 Å². The van der Waals surface area contributed by atoms with Crippen LogP contribution < -0.4 is 5.32 Å². The molecule has 0 aliphatic carbocycles. The average molecular weight is 263 g/mol. The lowest BCUT2D eigenvalue weighted by Crippen LogP contribution is -2.23. The van der Waals surface area contributed by atoms with E-state index in [1.807, 2.05) is 6.92 Å². The fourth-order valence-corrected chi connectivity index (χ4v) is 3.25. The maximum absolute atomic E-state index is 9.32. The van der Waals surface area contributed by atoms with Crippen molar-refractivity contribution in [1.29, 1.82) is 0 Å². The summed E-state index contributed by atoms with van der Waals surface area (Å²) < 4.78 is 1.35. The topological polar surface area (TPSA) is 32.3 Å². The zero-order valence-electron chi connectivity index (χ0n) is 11.0. The predicted molar refractivity (Wildman–Crippen MR) is 79.0 cm³/mol. The minimum atomic E-state index is -0.205. The first-order valence-corrected chi connectivity index (χ1v) is 7.38. The predicted octanol–water partition coefficient (Wildman–Crippen LogP) is 3.40. The highest BCUT2D eigenvalue weighted by Gasteiger charge is 2.07. The summed E-state index contributed by atoms with van der Waals surface area (Å²) >= 11 is 1.80. The van der Waals surface area contributed by atoms with Gasteiger partial charge in [0, 0.05) is 11.2 Å². The van der Waals surface area contributed by atoms with Gasteiger partial charge in [0.2, 0.25) is 0 Å². The van der Waals surface area contributed by atoms with E-state index < -0.39 is 0 Å². The highest BCUT2D eigenvalue weighted by Crippen LogP contribution is 2.25. The molecule has 1 aromatic carbocycles. The first-order valence-electron chi connectivity index (χ1n) is 6.50. The number of fused-ring (bicyclic) bond motifs is 1. The number of hydrogen-bond donors (Lipinski definition) is 2. The summed E-state index contributed by atoms with van der Waals surface area (Å²) in [7, 11) is 0. The fourth-order valence-electron chi connectivity index (χ4n) is 2.29. The molecule has 0 saturated carbocycles. The van der Waals surface area contributed by atoms with Gasteiger partial charge in [0.05, 0.1) is 6.10 Å². The van der Waals surface area contributed by atoms with Crippen molar-refractivity contribution in [2.24, 2.45) is 5.92 Å². The molecule has 0 aliphatic heterocycles. The molecule has 98 valence electrons. The van der Waals surface area contributed by atoms with Crippen molar-refractivity contribution >= 4 is 21.4 Å². The molecule has 2 nitrogen and oxygen atoms in total. The van der Waals surface area contributed by atoms with Crippen LogP contribution in [0.25, 0.3) is 10.1 Å². The quantitative estimate of drug-likeness (QED) is 0.837. The van der Waals surface area contributed by atoms with Gasteiger partial charge in [0.1, 0.15) is 0 Å². The van der Waals surface area contributed by atoms with E-state index in [4.69, 9.17) is 0 Å². The molecule has 3 heteroatoms. The summed E-state index contributed by atoms with van der Waals surface area (Å²) in [5.41, 5.74) is 1.37. The van der Waals surface area contributed by atoms with Gasteiger partial charge in [-0.3, -0.25) is 0 Å². The molecule has 0 aliphatic rings. The summed E-state index contributed by atoms with van der Waals surface area (Å²) in [6, 6.07) is 8.52. The molecule has 2 N–H and O–H groups in total. The van der Waals surface area contributed by atoms with Crippen LogP contribution in [0.4, 0.5) is 0 Å².